The normalized spacial score (nSPS) is 21.8. The van der Waals surface area contributed by atoms with Crippen molar-refractivity contribution < 1.29 is 9.13 Å². The smallest absolute Gasteiger partial charge is 0.137 e. The molecular weight excluding hydrogens is 297 g/mol. The van der Waals surface area contributed by atoms with Crippen molar-refractivity contribution in [2.75, 3.05) is 20.3 Å². The largest absolute Gasteiger partial charge is 0.381 e. The molecule has 1 N–H and O–H groups in total. The Morgan fingerprint density at radius 1 is 1.56 bits per heavy atom. The van der Waals surface area contributed by atoms with Gasteiger partial charge in [0.1, 0.15) is 5.82 Å². The van der Waals surface area contributed by atoms with Gasteiger partial charge in [-0.3, -0.25) is 0 Å². The molecule has 0 aliphatic carbocycles. The summed E-state index contributed by atoms with van der Waals surface area (Å²) >= 11 is 3.33. The van der Waals surface area contributed by atoms with Gasteiger partial charge in [-0.05, 0) is 59.8 Å². The van der Waals surface area contributed by atoms with Crippen LogP contribution in [0.25, 0.3) is 0 Å². The summed E-state index contributed by atoms with van der Waals surface area (Å²) in [5.74, 6) is 0.321. The third-order valence-corrected chi connectivity index (χ3v) is 4.49. The Balaban J connectivity index is 2.07. The highest BCUT2D eigenvalue weighted by atomic mass is 79.9. The van der Waals surface area contributed by atoms with E-state index in [4.69, 9.17) is 4.74 Å². The van der Waals surface area contributed by atoms with Crippen molar-refractivity contribution in [3.05, 3.63) is 34.1 Å². The maximum absolute atomic E-state index is 13.5. The second-order valence-electron chi connectivity index (χ2n) is 4.79. The molecule has 100 valence electrons. The molecule has 0 spiro atoms. The van der Waals surface area contributed by atoms with Crippen molar-refractivity contribution in [1.29, 1.82) is 0 Å². The molecule has 1 saturated heterocycles. The minimum Gasteiger partial charge on any atom is -0.381 e. The van der Waals surface area contributed by atoms with Gasteiger partial charge in [0.2, 0.25) is 0 Å². The molecule has 1 fully saturated rings. The highest BCUT2D eigenvalue weighted by Crippen LogP contribution is 2.25. The van der Waals surface area contributed by atoms with Gasteiger partial charge in [-0.1, -0.05) is 12.1 Å². The van der Waals surface area contributed by atoms with Crippen molar-refractivity contribution in [1.82, 2.24) is 5.32 Å². The predicted molar refractivity (Wildman–Crippen MR) is 74.2 cm³/mol. The number of hydrogen-bond acceptors (Lipinski definition) is 2. The van der Waals surface area contributed by atoms with Crippen LogP contribution in [0, 0.1) is 11.7 Å². The molecule has 0 radical (unpaired) electrons. The summed E-state index contributed by atoms with van der Waals surface area (Å²) in [6.45, 7) is 1.68. The first-order chi connectivity index (χ1) is 8.72. The number of halogens is 2. The van der Waals surface area contributed by atoms with Crippen LogP contribution < -0.4 is 5.32 Å². The molecular formula is C14H19BrFNO. The van der Waals surface area contributed by atoms with Crippen LogP contribution in [0.1, 0.15) is 18.4 Å². The molecule has 2 nitrogen and oxygen atoms in total. The van der Waals surface area contributed by atoms with Crippen LogP contribution in [0.5, 0.6) is 0 Å². The van der Waals surface area contributed by atoms with Crippen molar-refractivity contribution in [2.24, 2.45) is 5.92 Å². The lowest BCUT2D eigenvalue weighted by molar-refractivity contribution is 0.0404. The first kappa shape index (κ1) is 14.0. The maximum atomic E-state index is 13.5. The molecule has 0 amide bonds. The van der Waals surface area contributed by atoms with Crippen LogP contribution in [0.3, 0.4) is 0 Å². The van der Waals surface area contributed by atoms with Gasteiger partial charge in [-0.15, -0.1) is 0 Å². The lowest BCUT2D eigenvalue weighted by atomic mass is 9.89. The molecule has 2 atom stereocenters. The Hall–Kier alpha value is -0.450. The highest BCUT2D eigenvalue weighted by Gasteiger charge is 2.24. The zero-order valence-electron chi connectivity index (χ0n) is 10.6. The molecule has 4 heteroatoms. The number of nitrogens with one attached hydrogen (secondary N) is 1. The molecule has 0 saturated carbocycles. The van der Waals surface area contributed by atoms with E-state index in [1.807, 2.05) is 13.1 Å². The molecule has 0 bridgehead atoms. The Morgan fingerprint density at radius 3 is 3.06 bits per heavy atom. The van der Waals surface area contributed by atoms with Gasteiger partial charge in [0.25, 0.3) is 0 Å². The fourth-order valence-corrected chi connectivity index (χ4v) is 2.96. The van der Waals surface area contributed by atoms with E-state index in [1.54, 1.807) is 6.07 Å². The van der Waals surface area contributed by atoms with Crippen molar-refractivity contribution in [3.8, 4) is 0 Å². The van der Waals surface area contributed by atoms with E-state index in [0.29, 0.717) is 16.4 Å². The van der Waals surface area contributed by atoms with E-state index in [1.165, 1.54) is 12.5 Å². The average Bonchev–Trinajstić information content (AvgIpc) is 2.41. The number of hydrogen-bond donors (Lipinski definition) is 1. The summed E-state index contributed by atoms with van der Waals surface area (Å²) in [4.78, 5) is 0. The average molecular weight is 316 g/mol. The minimum absolute atomic E-state index is 0.192. The fourth-order valence-electron chi connectivity index (χ4n) is 2.53. The third-order valence-electron chi connectivity index (χ3n) is 3.61. The summed E-state index contributed by atoms with van der Waals surface area (Å²) in [7, 11) is 1.96. The van der Waals surface area contributed by atoms with Crippen LogP contribution in [0.15, 0.2) is 22.7 Å². The maximum Gasteiger partial charge on any atom is 0.137 e. The Labute approximate surface area is 116 Å². The monoisotopic (exact) mass is 315 g/mol. The summed E-state index contributed by atoms with van der Waals surface area (Å²) in [5, 5.41) is 3.34. The van der Waals surface area contributed by atoms with Gasteiger partial charge in [-0.2, -0.15) is 0 Å². The Morgan fingerprint density at radius 2 is 2.39 bits per heavy atom. The number of likely N-dealkylation sites (N-methyl/N-ethyl adjacent to an activating group) is 1. The zero-order chi connectivity index (χ0) is 13.0. The van der Waals surface area contributed by atoms with E-state index < -0.39 is 0 Å². The molecule has 0 aromatic heterocycles. The van der Waals surface area contributed by atoms with Gasteiger partial charge < -0.3 is 10.1 Å². The summed E-state index contributed by atoms with van der Waals surface area (Å²) in [5.41, 5.74) is 1.01. The number of rotatable bonds is 4. The summed E-state index contributed by atoms with van der Waals surface area (Å²) in [6.07, 6.45) is 3.12. The Bertz CT molecular complexity index is 393. The zero-order valence-corrected chi connectivity index (χ0v) is 12.2. The minimum atomic E-state index is -0.192. The van der Waals surface area contributed by atoms with Crippen LogP contribution in [-0.4, -0.2) is 26.3 Å². The second kappa shape index (κ2) is 6.64. The van der Waals surface area contributed by atoms with Gasteiger partial charge in [0, 0.05) is 12.6 Å². The number of benzene rings is 1. The van der Waals surface area contributed by atoms with Crippen LogP contribution in [0.2, 0.25) is 0 Å². The van der Waals surface area contributed by atoms with Crippen LogP contribution in [0.4, 0.5) is 4.39 Å². The van der Waals surface area contributed by atoms with Crippen LogP contribution >= 0.6 is 15.9 Å². The summed E-state index contributed by atoms with van der Waals surface area (Å²) in [6, 6.07) is 5.55. The quantitative estimate of drug-likeness (QED) is 0.921. The van der Waals surface area contributed by atoms with Crippen molar-refractivity contribution in [2.45, 2.75) is 25.3 Å². The topological polar surface area (TPSA) is 21.3 Å². The van der Waals surface area contributed by atoms with Gasteiger partial charge in [-0.25, -0.2) is 4.39 Å². The first-order valence-electron chi connectivity index (χ1n) is 6.40. The molecule has 1 aliphatic heterocycles. The van der Waals surface area contributed by atoms with Crippen molar-refractivity contribution in [3.63, 3.8) is 0 Å². The molecule has 1 aromatic rings. The van der Waals surface area contributed by atoms with E-state index in [2.05, 4.69) is 21.2 Å². The lowest BCUT2D eigenvalue weighted by Crippen LogP contribution is -2.40. The molecule has 1 aliphatic rings. The van der Waals surface area contributed by atoms with Crippen LogP contribution in [-0.2, 0) is 11.2 Å². The predicted octanol–water partition coefficient (Wildman–Crippen LogP) is 3.15. The van der Waals surface area contributed by atoms with Gasteiger partial charge in [0.15, 0.2) is 0 Å². The fraction of sp³-hybridized carbons (Fsp3) is 0.571. The van der Waals surface area contributed by atoms with E-state index in [-0.39, 0.29) is 5.82 Å². The molecule has 2 unspecified atom stereocenters. The number of ether oxygens (including phenoxy) is 1. The van der Waals surface area contributed by atoms with E-state index in [0.717, 1.165) is 31.6 Å². The summed E-state index contributed by atoms with van der Waals surface area (Å²) < 4.78 is 19.6. The standard InChI is InChI=1S/C14H19BrFNO/c1-17-13(11-5-3-7-18-9-11)8-10-4-2-6-12(16)14(10)15/h2,4,6,11,13,17H,3,5,7-9H2,1H3. The van der Waals surface area contributed by atoms with E-state index >= 15 is 0 Å². The second-order valence-corrected chi connectivity index (χ2v) is 5.58. The van der Waals surface area contributed by atoms with Crippen molar-refractivity contribution >= 4 is 15.9 Å². The van der Waals surface area contributed by atoms with E-state index in [9.17, 15) is 4.39 Å². The molecule has 1 aromatic carbocycles. The van der Waals surface area contributed by atoms with Gasteiger partial charge >= 0.3 is 0 Å². The highest BCUT2D eigenvalue weighted by molar-refractivity contribution is 9.10. The first-order valence-corrected chi connectivity index (χ1v) is 7.19. The molecule has 2 rings (SSSR count). The molecule has 1 heterocycles. The third kappa shape index (κ3) is 3.31. The Kier molecular flexibility index (Phi) is 5.15. The molecule has 18 heavy (non-hydrogen) atoms. The van der Waals surface area contributed by atoms with Gasteiger partial charge in [0.05, 0.1) is 11.1 Å². The SMILES string of the molecule is CNC(Cc1cccc(F)c1Br)C1CCCOC1. The lowest BCUT2D eigenvalue weighted by Gasteiger charge is -2.30.